The minimum Gasteiger partial charge on any atom is -0.255 e. The maximum atomic E-state index is 2.44. The van der Waals surface area contributed by atoms with E-state index in [0.29, 0.717) is 0 Å². The second-order valence-electron chi connectivity index (χ2n) is 2.45. The van der Waals surface area contributed by atoms with Crippen LogP contribution in [0.4, 0.5) is 0 Å². The van der Waals surface area contributed by atoms with Crippen LogP contribution in [0.3, 0.4) is 0 Å². The van der Waals surface area contributed by atoms with Gasteiger partial charge in [0.2, 0.25) is 0 Å². The van der Waals surface area contributed by atoms with E-state index in [2.05, 4.69) is 32.7 Å². The first-order chi connectivity index (χ1) is 4.79. The van der Waals surface area contributed by atoms with Gasteiger partial charge in [-0.15, -0.1) is 0 Å². The number of nitrogens with one attached hydrogen (secondary N) is 1. The molecule has 0 amide bonds. The molecule has 0 aliphatic carbocycles. The van der Waals surface area contributed by atoms with Crippen LogP contribution < -0.4 is 5.01 Å². The summed E-state index contributed by atoms with van der Waals surface area (Å²) in [5.74, 6) is 0. The van der Waals surface area contributed by atoms with E-state index in [1.54, 1.807) is 5.01 Å². The van der Waals surface area contributed by atoms with Crippen LogP contribution in [0.15, 0.2) is 0 Å². The molecule has 0 radical (unpaired) electrons. The molecule has 0 heterocycles. The lowest BCUT2D eigenvalue weighted by Gasteiger charge is -2.27. The standard InChI is InChI=1S/C8H20N2/c1-5-9(6-2)10(7-3)8-4/h5-8H2,1-4H3/p+1. The van der Waals surface area contributed by atoms with Gasteiger partial charge in [0.05, 0.1) is 13.1 Å². The third-order valence-electron chi connectivity index (χ3n) is 2.03. The Morgan fingerprint density at radius 1 is 0.900 bits per heavy atom. The Kier molecular flexibility index (Phi) is 5.64. The van der Waals surface area contributed by atoms with Gasteiger partial charge in [-0.2, -0.15) is 5.01 Å². The van der Waals surface area contributed by atoms with Crippen molar-refractivity contribution in [1.29, 1.82) is 0 Å². The Morgan fingerprint density at radius 2 is 1.30 bits per heavy atom. The zero-order valence-corrected chi connectivity index (χ0v) is 7.78. The van der Waals surface area contributed by atoms with Gasteiger partial charge in [0.15, 0.2) is 0 Å². The topological polar surface area (TPSA) is 7.68 Å². The van der Waals surface area contributed by atoms with Crippen LogP contribution in [-0.2, 0) is 0 Å². The summed E-state index contributed by atoms with van der Waals surface area (Å²) >= 11 is 0. The van der Waals surface area contributed by atoms with Crippen molar-refractivity contribution in [3.05, 3.63) is 0 Å². The molecular weight excluding hydrogens is 124 g/mol. The summed E-state index contributed by atoms with van der Waals surface area (Å²) in [6, 6.07) is 0. The van der Waals surface area contributed by atoms with Crippen LogP contribution >= 0.6 is 0 Å². The summed E-state index contributed by atoms with van der Waals surface area (Å²) in [6.07, 6.45) is 0. The molecule has 62 valence electrons. The molecule has 0 rings (SSSR count). The van der Waals surface area contributed by atoms with E-state index in [4.69, 9.17) is 0 Å². The fourth-order valence-corrected chi connectivity index (χ4v) is 1.37. The second-order valence-corrected chi connectivity index (χ2v) is 2.45. The van der Waals surface area contributed by atoms with Gasteiger partial charge in [-0.25, -0.2) is 0 Å². The van der Waals surface area contributed by atoms with Crippen LogP contribution in [0.5, 0.6) is 0 Å². The Bertz CT molecular complexity index is 55.7. The smallest absolute Gasteiger partial charge is 0.0919 e. The lowest BCUT2D eigenvalue weighted by molar-refractivity contribution is -1.01. The molecular formula is C8H21N2+. The van der Waals surface area contributed by atoms with Gasteiger partial charge in [-0.3, -0.25) is 5.01 Å². The van der Waals surface area contributed by atoms with E-state index < -0.39 is 0 Å². The normalized spacial score (nSPS) is 11.4. The largest absolute Gasteiger partial charge is 0.255 e. The van der Waals surface area contributed by atoms with Crippen molar-refractivity contribution in [3.63, 3.8) is 0 Å². The van der Waals surface area contributed by atoms with E-state index in [1.807, 2.05) is 0 Å². The molecule has 0 aliphatic heterocycles. The number of quaternary nitrogens is 1. The molecule has 0 spiro atoms. The SMILES string of the molecule is CCN(CC)[NH+](CC)CC. The van der Waals surface area contributed by atoms with Crippen LogP contribution in [-0.4, -0.2) is 31.2 Å². The Labute approximate surface area is 64.8 Å². The molecule has 0 saturated heterocycles. The highest BCUT2D eigenvalue weighted by Gasteiger charge is 2.09. The second kappa shape index (κ2) is 5.69. The summed E-state index contributed by atoms with van der Waals surface area (Å²) in [7, 11) is 0. The molecule has 0 fully saturated rings. The number of nitrogens with zero attached hydrogens (tertiary/aromatic N) is 1. The molecule has 0 aromatic carbocycles. The summed E-state index contributed by atoms with van der Waals surface area (Å²) in [5.41, 5.74) is 0. The van der Waals surface area contributed by atoms with Crippen molar-refractivity contribution in [2.45, 2.75) is 27.7 Å². The number of hydrogen-bond acceptors (Lipinski definition) is 1. The van der Waals surface area contributed by atoms with E-state index in [9.17, 15) is 0 Å². The van der Waals surface area contributed by atoms with Gasteiger partial charge in [-0.1, -0.05) is 0 Å². The third kappa shape index (κ3) is 2.67. The van der Waals surface area contributed by atoms with Crippen molar-refractivity contribution in [2.24, 2.45) is 0 Å². The van der Waals surface area contributed by atoms with E-state index in [-0.39, 0.29) is 0 Å². The zero-order valence-electron chi connectivity index (χ0n) is 7.78. The predicted octanol–water partition coefficient (Wildman–Crippen LogP) is 0.168. The molecule has 0 unspecified atom stereocenters. The van der Waals surface area contributed by atoms with Crippen molar-refractivity contribution in [3.8, 4) is 0 Å². The summed E-state index contributed by atoms with van der Waals surface area (Å²) in [5, 5.41) is 4.03. The van der Waals surface area contributed by atoms with Gasteiger partial charge >= 0.3 is 0 Å². The van der Waals surface area contributed by atoms with E-state index in [1.165, 1.54) is 13.1 Å². The zero-order chi connectivity index (χ0) is 7.98. The summed E-state index contributed by atoms with van der Waals surface area (Å²) in [6.45, 7) is 13.6. The number of hydrogen-bond donors (Lipinski definition) is 1. The van der Waals surface area contributed by atoms with Crippen LogP contribution in [0, 0.1) is 0 Å². The van der Waals surface area contributed by atoms with E-state index in [0.717, 1.165) is 13.1 Å². The van der Waals surface area contributed by atoms with Crippen molar-refractivity contribution >= 4 is 0 Å². The molecule has 1 N–H and O–H groups in total. The third-order valence-corrected chi connectivity index (χ3v) is 2.03. The molecule has 0 aromatic heterocycles. The summed E-state index contributed by atoms with van der Waals surface area (Å²) in [4.78, 5) is 0. The molecule has 0 atom stereocenters. The molecule has 2 heteroatoms. The highest BCUT2D eigenvalue weighted by Crippen LogP contribution is 1.72. The minimum atomic E-state index is 1.16. The van der Waals surface area contributed by atoms with Gasteiger partial charge in [-0.05, 0) is 27.7 Å². The van der Waals surface area contributed by atoms with Crippen molar-refractivity contribution in [2.75, 3.05) is 26.2 Å². The van der Waals surface area contributed by atoms with Gasteiger partial charge in [0.25, 0.3) is 0 Å². The van der Waals surface area contributed by atoms with Crippen molar-refractivity contribution in [1.82, 2.24) is 5.01 Å². The fourth-order valence-electron chi connectivity index (χ4n) is 1.37. The first-order valence-electron chi connectivity index (χ1n) is 4.39. The maximum Gasteiger partial charge on any atom is 0.0919 e. The molecule has 0 saturated carbocycles. The van der Waals surface area contributed by atoms with Crippen LogP contribution in [0.25, 0.3) is 0 Å². The molecule has 0 aliphatic rings. The molecule has 0 bridgehead atoms. The molecule has 2 nitrogen and oxygen atoms in total. The molecule has 0 aromatic rings. The lowest BCUT2D eigenvalue weighted by Crippen LogP contribution is -3.17. The maximum absolute atomic E-state index is 2.44. The predicted molar refractivity (Wildman–Crippen MR) is 45.0 cm³/mol. The highest BCUT2D eigenvalue weighted by molar-refractivity contribution is 4.30. The number of rotatable bonds is 5. The van der Waals surface area contributed by atoms with Gasteiger partial charge in [0.1, 0.15) is 0 Å². The quantitative estimate of drug-likeness (QED) is 0.542. The molecule has 10 heavy (non-hydrogen) atoms. The van der Waals surface area contributed by atoms with Gasteiger partial charge in [0, 0.05) is 13.1 Å². The first kappa shape index (κ1) is 9.92. The Hall–Kier alpha value is -0.0800. The average molecular weight is 145 g/mol. The highest BCUT2D eigenvalue weighted by atomic mass is 15.6. The fraction of sp³-hybridized carbons (Fsp3) is 1.00. The van der Waals surface area contributed by atoms with Crippen LogP contribution in [0.1, 0.15) is 27.7 Å². The van der Waals surface area contributed by atoms with E-state index >= 15 is 0 Å². The monoisotopic (exact) mass is 145 g/mol. The Morgan fingerprint density at radius 3 is 1.40 bits per heavy atom. The Balaban J connectivity index is 3.70. The van der Waals surface area contributed by atoms with Gasteiger partial charge < -0.3 is 0 Å². The van der Waals surface area contributed by atoms with Crippen LogP contribution in [0.2, 0.25) is 0 Å². The first-order valence-corrected chi connectivity index (χ1v) is 4.39. The lowest BCUT2D eigenvalue weighted by atomic mass is 10.5. The average Bonchev–Trinajstić information content (AvgIpc) is 2.00. The van der Waals surface area contributed by atoms with Crippen molar-refractivity contribution < 1.29 is 5.01 Å². The minimum absolute atomic E-state index is 1.16. The summed E-state index contributed by atoms with van der Waals surface area (Å²) < 4.78 is 0.